The van der Waals surface area contributed by atoms with Crippen LogP contribution in [0.3, 0.4) is 0 Å². The molecule has 0 spiro atoms. The van der Waals surface area contributed by atoms with E-state index in [1.807, 2.05) is 24.3 Å². The fourth-order valence-electron chi connectivity index (χ4n) is 3.30. The highest BCUT2D eigenvalue weighted by Crippen LogP contribution is 2.35. The number of carbonyl (C=O) groups is 3. The van der Waals surface area contributed by atoms with Crippen molar-refractivity contribution in [3.63, 3.8) is 0 Å². The van der Waals surface area contributed by atoms with E-state index in [4.69, 9.17) is 14.2 Å². The first-order chi connectivity index (χ1) is 16.9. The third kappa shape index (κ3) is 5.85. The number of methoxy groups -OCH3 is 2. The van der Waals surface area contributed by atoms with Gasteiger partial charge >= 0.3 is 5.97 Å². The molecule has 0 atom stereocenters. The molecular weight excluding hydrogens is 581 g/mol. The van der Waals surface area contributed by atoms with Crippen LogP contribution in [0.2, 0.25) is 0 Å². The highest BCUT2D eigenvalue weighted by molar-refractivity contribution is 14.1. The molecule has 1 aliphatic heterocycles. The minimum absolute atomic E-state index is 0.211. The molecule has 1 fully saturated rings. The van der Waals surface area contributed by atoms with Crippen molar-refractivity contribution in [2.45, 2.75) is 6.54 Å². The quantitative estimate of drug-likeness (QED) is 0.147. The summed E-state index contributed by atoms with van der Waals surface area (Å²) in [6.07, 6.45) is 1.62. The number of nitrogens with zero attached hydrogens (tertiary/aromatic N) is 1. The predicted octanol–water partition coefficient (Wildman–Crippen LogP) is 5.76. The number of carbonyl (C=O) groups excluding carboxylic acids is 3. The molecule has 0 unspecified atom stereocenters. The molecule has 0 aliphatic carbocycles. The van der Waals surface area contributed by atoms with Gasteiger partial charge in [0, 0.05) is 3.57 Å². The first-order valence-electron chi connectivity index (χ1n) is 10.4. The van der Waals surface area contributed by atoms with E-state index in [0.29, 0.717) is 27.5 Å². The van der Waals surface area contributed by atoms with E-state index < -0.39 is 5.97 Å². The van der Waals surface area contributed by atoms with Crippen LogP contribution < -0.4 is 14.2 Å². The number of hydrogen-bond acceptors (Lipinski definition) is 7. The largest absolute Gasteiger partial charge is 0.497 e. The molecule has 1 saturated heterocycles. The lowest BCUT2D eigenvalue weighted by atomic mass is 10.1. The lowest BCUT2D eigenvalue weighted by Gasteiger charge is -2.12. The Bertz CT molecular complexity index is 1300. The molecule has 0 saturated carbocycles. The second-order valence-corrected chi connectivity index (χ2v) is 9.66. The predicted molar refractivity (Wildman–Crippen MR) is 142 cm³/mol. The number of thioether (sulfide) groups is 1. The monoisotopic (exact) mass is 601 g/mol. The Kier molecular flexibility index (Phi) is 7.76. The summed E-state index contributed by atoms with van der Waals surface area (Å²) >= 11 is 3.09. The van der Waals surface area contributed by atoms with Crippen LogP contribution in [0.5, 0.6) is 17.2 Å². The Morgan fingerprint density at radius 1 is 0.943 bits per heavy atom. The summed E-state index contributed by atoms with van der Waals surface area (Å²) < 4.78 is 17.1. The number of rotatable bonds is 7. The third-order valence-electron chi connectivity index (χ3n) is 5.14. The van der Waals surface area contributed by atoms with Crippen molar-refractivity contribution in [3.8, 4) is 17.2 Å². The van der Waals surface area contributed by atoms with Crippen molar-refractivity contribution in [2.75, 3.05) is 14.2 Å². The number of ether oxygens (including phenoxy) is 3. The van der Waals surface area contributed by atoms with Crippen LogP contribution in [-0.2, 0) is 11.3 Å². The zero-order chi connectivity index (χ0) is 24.9. The molecule has 1 heterocycles. The molecule has 3 aromatic rings. The first kappa shape index (κ1) is 24.8. The van der Waals surface area contributed by atoms with Crippen LogP contribution in [-0.4, -0.2) is 36.2 Å². The minimum atomic E-state index is -0.546. The smallest absolute Gasteiger partial charge is 0.343 e. The van der Waals surface area contributed by atoms with Crippen LogP contribution in [0.1, 0.15) is 21.5 Å². The summed E-state index contributed by atoms with van der Waals surface area (Å²) in [7, 11) is 3.00. The van der Waals surface area contributed by atoms with E-state index in [-0.39, 0.29) is 23.4 Å². The highest BCUT2D eigenvalue weighted by atomic mass is 127. The number of imide groups is 1. The number of benzene rings is 3. The number of hydrogen-bond donors (Lipinski definition) is 0. The standard InChI is InChI=1S/C26H20INO6S/c1-32-20-10-6-18(7-11-20)25(30)34-21-12-5-17(13-22(21)33-2)14-23-24(29)28(26(31)35-23)15-16-3-8-19(27)9-4-16/h3-14H,15H2,1-2H3/b23-14-. The van der Waals surface area contributed by atoms with Gasteiger partial charge in [0.2, 0.25) is 0 Å². The fourth-order valence-corrected chi connectivity index (χ4v) is 4.50. The van der Waals surface area contributed by atoms with E-state index >= 15 is 0 Å². The molecule has 9 heteroatoms. The van der Waals surface area contributed by atoms with E-state index in [1.54, 1.807) is 55.7 Å². The molecule has 178 valence electrons. The molecule has 0 aromatic heterocycles. The molecule has 7 nitrogen and oxygen atoms in total. The van der Waals surface area contributed by atoms with Crippen LogP contribution >= 0.6 is 34.4 Å². The fraction of sp³-hybridized carbons (Fsp3) is 0.115. The molecule has 2 amide bonds. The van der Waals surface area contributed by atoms with Crippen LogP contribution in [0.25, 0.3) is 6.08 Å². The Balaban J connectivity index is 1.49. The van der Waals surface area contributed by atoms with Gasteiger partial charge in [0.15, 0.2) is 11.5 Å². The first-order valence-corrected chi connectivity index (χ1v) is 12.3. The maximum absolute atomic E-state index is 12.9. The van der Waals surface area contributed by atoms with Gasteiger partial charge in [0.25, 0.3) is 11.1 Å². The number of amides is 2. The minimum Gasteiger partial charge on any atom is -0.497 e. The van der Waals surface area contributed by atoms with Gasteiger partial charge in [-0.25, -0.2) is 4.79 Å². The molecule has 3 aromatic carbocycles. The van der Waals surface area contributed by atoms with Crippen molar-refractivity contribution in [1.29, 1.82) is 0 Å². The van der Waals surface area contributed by atoms with Crippen molar-refractivity contribution in [1.82, 2.24) is 4.90 Å². The van der Waals surface area contributed by atoms with Gasteiger partial charge in [-0.3, -0.25) is 14.5 Å². The van der Waals surface area contributed by atoms with Crippen molar-refractivity contribution < 1.29 is 28.6 Å². The summed E-state index contributed by atoms with van der Waals surface area (Å²) in [6.45, 7) is 0.211. The average Bonchev–Trinajstić information content (AvgIpc) is 3.13. The Morgan fingerprint density at radius 3 is 2.31 bits per heavy atom. The summed E-state index contributed by atoms with van der Waals surface area (Å²) in [4.78, 5) is 39.4. The summed E-state index contributed by atoms with van der Waals surface area (Å²) in [5, 5.41) is -0.322. The molecule has 0 N–H and O–H groups in total. The Labute approximate surface area is 220 Å². The van der Waals surface area contributed by atoms with Gasteiger partial charge in [-0.15, -0.1) is 0 Å². The average molecular weight is 601 g/mol. The van der Waals surface area contributed by atoms with Crippen molar-refractivity contribution in [2.24, 2.45) is 0 Å². The van der Waals surface area contributed by atoms with Gasteiger partial charge < -0.3 is 14.2 Å². The van der Waals surface area contributed by atoms with Gasteiger partial charge in [0.1, 0.15) is 5.75 Å². The molecule has 0 radical (unpaired) electrons. The molecule has 35 heavy (non-hydrogen) atoms. The van der Waals surface area contributed by atoms with E-state index in [9.17, 15) is 14.4 Å². The van der Waals surface area contributed by atoms with Crippen molar-refractivity contribution >= 4 is 57.5 Å². The normalized spacial score (nSPS) is 14.4. The van der Waals surface area contributed by atoms with Gasteiger partial charge in [0.05, 0.1) is 31.2 Å². The van der Waals surface area contributed by atoms with E-state index in [1.165, 1.54) is 12.0 Å². The number of esters is 1. The van der Waals surface area contributed by atoms with Crippen molar-refractivity contribution in [3.05, 3.63) is 91.9 Å². The molecular formula is C26H20INO6S. The van der Waals surface area contributed by atoms with Crippen LogP contribution in [0.15, 0.2) is 71.6 Å². The zero-order valence-electron chi connectivity index (χ0n) is 18.8. The third-order valence-corrected chi connectivity index (χ3v) is 6.77. The lowest BCUT2D eigenvalue weighted by molar-refractivity contribution is -0.123. The van der Waals surface area contributed by atoms with Crippen LogP contribution in [0, 0.1) is 3.57 Å². The van der Waals surface area contributed by atoms with Gasteiger partial charge in [-0.1, -0.05) is 18.2 Å². The maximum atomic E-state index is 12.9. The summed E-state index contributed by atoms with van der Waals surface area (Å²) in [6, 6.07) is 19.1. The topological polar surface area (TPSA) is 82.1 Å². The zero-order valence-corrected chi connectivity index (χ0v) is 21.8. The van der Waals surface area contributed by atoms with Gasteiger partial charge in [-0.05, 0) is 100 Å². The van der Waals surface area contributed by atoms with E-state index in [0.717, 1.165) is 20.9 Å². The van der Waals surface area contributed by atoms with Gasteiger partial charge in [-0.2, -0.15) is 0 Å². The highest BCUT2D eigenvalue weighted by Gasteiger charge is 2.35. The van der Waals surface area contributed by atoms with Crippen LogP contribution in [0.4, 0.5) is 4.79 Å². The molecule has 0 bridgehead atoms. The maximum Gasteiger partial charge on any atom is 0.343 e. The summed E-state index contributed by atoms with van der Waals surface area (Å²) in [5.41, 5.74) is 1.86. The second-order valence-electron chi connectivity index (χ2n) is 7.42. The second kappa shape index (κ2) is 11.0. The molecule has 4 rings (SSSR count). The number of halogens is 1. The Morgan fingerprint density at radius 2 is 1.66 bits per heavy atom. The summed E-state index contributed by atoms with van der Waals surface area (Å²) in [5.74, 6) is 0.283. The Hall–Kier alpha value is -3.31. The SMILES string of the molecule is COc1ccc(C(=O)Oc2ccc(/C=C3\SC(=O)N(Cc4ccc(I)cc4)C3=O)cc2OC)cc1. The van der Waals surface area contributed by atoms with E-state index in [2.05, 4.69) is 22.6 Å². The lowest BCUT2D eigenvalue weighted by Crippen LogP contribution is -2.27. The molecule has 1 aliphatic rings.